The van der Waals surface area contributed by atoms with E-state index in [9.17, 15) is 9.90 Å². The van der Waals surface area contributed by atoms with Gasteiger partial charge in [-0.05, 0) is 17.7 Å². The first-order chi connectivity index (χ1) is 11.2. The second kappa shape index (κ2) is 9.35. The number of hydrogen-bond donors (Lipinski definition) is 2. The maximum Gasteiger partial charge on any atom is 0.312 e. The highest BCUT2D eigenvalue weighted by atomic mass is 32.2. The molecule has 0 heterocycles. The third-order valence-corrected chi connectivity index (χ3v) is 4.48. The number of benzene rings is 2. The fraction of sp³-hybridized carbons (Fsp3) is 0.278. The van der Waals surface area contributed by atoms with Gasteiger partial charge in [0, 0.05) is 10.6 Å². The summed E-state index contributed by atoms with van der Waals surface area (Å²) < 4.78 is 5.28. The Kier molecular flexibility index (Phi) is 7.13. The zero-order chi connectivity index (χ0) is 16.5. The summed E-state index contributed by atoms with van der Waals surface area (Å²) in [5, 5.41) is 19.1. The second-order valence-electron chi connectivity index (χ2n) is 5.07. The van der Waals surface area contributed by atoms with E-state index in [-0.39, 0.29) is 6.61 Å². The van der Waals surface area contributed by atoms with Crippen molar-refractivity contribution in [2.24, 2.45) is 5.92 Å². The first kappa shape index (κ1) is 17.5. The standard InChI is InChI=1S/C18H20O4S/c19-11-17(20)16(13-23-15-9-5-2-6-10-15)18(21)22-12-14-7-3-1-4-8-14/h1-10,16-17,19-20H,11-13H2/t16-,17+/m1/s1. The highest BCUT2D eigenvalue weighted by Crippen LogP contribution is 2.23. The van der Waals surface area contributed by atoms with Crippen molar-refractivity contribution >= 4 is 17.7 Å². The van der Waals surface area contributed by atoms with Gasteiger partial charge >= 0.3 is 5.97 Å². The lowest BCUT2D eigenvalue weighted by molar-refractivity contribution is -0.153. The van der Waals surface area contributed by atoms with Crippen LogP contribution < -0.4 is 0 Å². The topological polar surface area (TPSA) is 66.8 Å². The van der Waals surface area contributed by atoms with E-state index >= 15 is 0 Å². The summed E-state index contributed by atoms with van der Waals surface area (Å²) in [6.07, 6.45) is -1.13. The van der Waals surface area contributed by atoms with Gasteiger partial charge in [0.1, 0.15) is 6.61 Å². The summed E-state index contributed by atoms with van der Waals surface area (Å²) in [6, 6.07) is 19.0. The second-order valence-corrected chi connectivity index (χ2v) is 6.17. The molecule has 2 aromatic carbocycles. The highest BCUT2D eigenvalue weighted by Gasteiger charge is 2.28. The minimum absolute atomic E-state index is 0.157. The molecule has 0 spiro atoms. The summed E-state index contributed by atoms with van der Waals surface area (Å²) in [5.74, 6) is -0.924. The molecule has 2 rings (SSSR count). The molecule has 122 valence electrons. The molecule has 0 unspecified atom stereocenters. The molecule has 0 saturated carbocycles. The van der Waals surface area contributed by atoms with E-state index in [1.54, 1.807) is 0 Å². The molecule has 0 aliphatic heterocycles. The van der Waals surface area contributed by atoms with Crippen molar-refractivity contribution in [3.05, 3.63) is 66.2 Å². The molecule has 0 aliphatic rings. The van der Waals surface area contributed by atoms with Gasteiger partial charge in [-0.3, -0.25) is 4.79 Å². The number of carbonyl (C=O) groups is 1. The lowest BCUT2D eigenvalue weighted by Gasteiger charge is -2.19. The zero-order valence-electron chi connectivity index (χ0n) is 12.7. The summed E-state index contributed by atoms with van der Waals surface area (Å²) in [4.78, 5) is 13.2. The molecule has 0 fully saturated rings. The molecule has 0 aromatic heterocycles. The van der Waals surface area contributed by atoms with Gasteiger partial charge in [0.25, 0.3) is 0 Å². The molecule has 2 aromatic rings. The molecule has 4 nitrogen and oxygen atoms in total. The van der Waals surface area contributed by atoms with Crippen LogP contribution in [0.2, 0.25) is 0 Å². The number of hydrogen-bond acceptors (Lipinski definition) is 5. The molecule has 2 N–H and O–H groups in total. The van der Waals surface area contributed by atoms with Crippen LogP contribution in [-0.2, 0) is 16.1 Å². The number of thioether (sulfide) groups is 1. The van der Waals surface area contributed by atoms with Crippen LogP contribution in [0, 0.1) is 5.92 Å². The van der Waals surface area contributed by atoms with Crippen LogP contribution in [0.4, 0.5) is 0 Å². The maximum atomic E-state index is 12.2. The highest BCUT2D eigenvalue weighted by molar-refractivity contribution is 7.99. The molecule has 2 atom stereocenters. The predicted octanol–water partition coefficient (Wildman–Crippen LogP) is 2.49. The molecular formula is C18H20O4S. The summed E-state index contributed by atoms with van der Waals surface area (Å²) in [6.45, 7) is -0.315. The van der Waals surface area contributed by atoms with Crippen LogP contribution in [0.15, 0.2) is 65.6 Å². The molecule has 0 aliphatic carbocycles. The maximum absolute atomic E-state index is 12.2. The van der Waals surface area contributed by atoms with E-state index in [0.29, 0.717) is 5.75 Å². The van der Waals surface area contributed by atoms with Crippen LogP contribution in [-0.4, -0.2) is 34.6 Å². The Hall–Kier alpha value is -1.82. The van der Waals surface area contributed by atoms with Gasteiger partial charge in [-0.15, -0.1) is 11.8 Å². The molecule has 0 amide bonds. The average molecular weight is 332 g/mol. The van der Waals surface area contributed by atoms with Crippen molar-refractivity contribution in [3.63, 3.8) is 0 Å². The molecule has 0 bridgehead atoms. The lowest BCUT2D eigenvalue weighted by Crippen LogP contribution is -2.34. The largest absolute Gasteiger partial charge is 0.461 e. The van der Waals surface area contributed by atoms with Crippen LogP contribution >= 0.6 is 11.8 Å². The normalized spacial score (nSPS) is 13.3. The Morgan fingerprint density at radius 3 is 2.26 bits per heavy atom. The Morgan fingerprint density at radius 2 is 1.65 bits per heavy atom. The van der Waals surface area contributed by atoms with Gasteiger partial charge in [0.15, 0.2) is 0 Å². The summed E-state index contributed by atoms with van der Waals surface area (Å²) >= 11 is 1.45. The van der Waals surface area contributed by atoms with Gasteiger partial charge in [-0.1, -0.05) is 48.5 Å². The fourth-order valence-electron chi connectivity index (χ4n) is 2.00. The number of aliphatic hydroxyl groups is 2. The number of rotatable bonds is 8. The van der Waals surface area contributed by atoms with E-state index in [2.05, 4.69) is 0 Å². The third-order valence-electron chi connectivity index (χ3n) is 3.35. The van der Waals surface area contributed by atoms with Crippen molar-refractivity contribution in [2.75, 3.05) is 12.4 Å². The average Bonchev–Trinajstić information content (AvgIpc) is 2.61. The van der Waals surface area contributed by atoms with Gasteiger partial charge < -0.3 is 14.9 Å². The Morgan fingerprint density at radius 1 is 1.04 bits per heavy atom. The van der Waals surface area contributed by atoms with Gasteiger partial charge in [0.05, 0.1) is 18.6 Å². The number of aliphatic hydroxyl groups excluding tert-OH is 2. The smallest absolute Gasteiger partial charge is 0.312 e. The SMILES string of the molecule is O=C(OCc1ccccc1)[C@H](CSc1ccccc1)[C@@H](O)CO. The summed E-state index contributed by atoms with van der Waals surface area (Å²) in [7, 11) is 0. The molecule has 5 heteroatoms. The van der Waals surface area contributed by atoms with E-state index < -0.39 is 24.6 Å². The summed E-state index contributed by atoms with van der Waals surface area (Å²) in [5.41, 5.74) is 0.883. The van der Waals surface area contributed by atoms with E-state index in [4.69, 9.17) is 9.84 Å². The van der Waals surface area contributed by atoms with Crippen LogP contribution in [0.25, 0.3) is 0 Å². The molecule has 23 heavy (non-hydrogen) atoms. The Bertz CT molecular complexity index is 588. The molecule has 0 saturated heterocycles. The molecule has 0 radical (unpaired) electrons. The monoisotopic (exact) mass is 332 g/mol. The molecular weight excluding hydrogens is 312 g/mol. The Labute approximate surface area is 140 Å². The van der Waals surface area contributed by atoms with Crippen molar-refractivity contribution in [2.45, 2.75) is 17.6 Å². The van der Waals surface area contributed by atoms with Crippen LogP contribution in [0.1, 0.15) is 5.56 Å². The zero-order valence-corrected chi connectivity index (χ0v) is 13.5. The van der Waals surface area contributed by atoms with Gasteiger partial charge in [-0.25, -0.2) is 0 Å². The first-order valence-electron chi connectivity index (χ1n) is 7.38. The van der Waals surface area contributed by atoms with E-state index in [1.807, 2.05) is 60.7 Å². The number of ether oxygens (including phenoxy) is 1. The van der Waals surface area contributed by atoms with Crippen LogP contribution in [0.5, 0.6) is 0 Å². The number of carbonyl (C=O) groups excluding carboxylic acids is 1. The van der Waals surface area contributed by atoms with Crippen molar-refractivity contribution in [1.29, 1.82) is 0 Å². The predicted molar refractivity (Wildman–Crippen MR) is 90.0 cm³/mol. The van der Waals surface area contributed by atoms with E-state index in [0.717, 1.165) is 10.5 Å². The lowest BCUT2D eigenvalue weighted by atomic mass is 10.1. The van der Waals surface area contributed by atoms with Crippen molar-refractivity contribution in [3.8, 4) is 0 Å². The van der Waals surface area contributed by atoms with Gasteiger partial charge in [-0.2, -0.15) is 0 Å². The Balaban J connectivity index is 1.92. The first-order valence-corrected chi connectivity index (χ1v) is 8.36. The minimum Gasteiger partial charge on any atom is -0.461 e. The van der Waals surface area contributed by atoms with Crippen molar-refractivity contribution in [1.82, 2.24) is 0 Å². The minimum atomic E-state index is -1.13. The fourth-order valence-corrected chi connectivity index (χ4v) is 3.08. The van der Waals surface area contributed by atoms with E-state index in [1.165, 1.54) is 11.8 Å². The van der Waals surface area contributed by atoms with Crippen molar-refractivity contribution < 1.29 is 19.7 Å². The van der Waals surface area contributed by atoms with Crippen LogP contribution in [0.3, 0.4) is 0 Å². The van der Waals surface area contributed by atoms with Gasteiger partial charge in [0.2, 0.25) is 0 Å². The quantitative estimate of drug-likeness (QED) is 0.574. The number of esters is 1. The third kappa shape index (κ3) is 5.71.